The Labute approximate surface area is 109 Å². The number of thiazole rings is 1. The van der Waals surface area contributed by atoms with E-state index in [9.17, 15) is 0 Å². The standard InChI is InChI=1S/C14H24N2S/c1-11-5-4-6-12(9-11)10-16-14(2,3)13-15-7-8-17-13/h7-8,11-12,16H,4-6,9-10H2,1-3H3. The van der Waals surface area contributed by atoms with Gasteiger partial charge in [-0.05, 0) is 45.1 Å². The lowest BCUT2D eigenvalue weighted by molar-refractivity contribution is 0.250. The molecule has 2 unspecified atom stereocenters. The van der Waals surface area contributed by atoms with Crippen LogP contribution in [0.25, 0.3) is 0 Å². The van der Waals surface area contributed by atoms with Gasteiger partial charge in [0.2, 0.25) is 0 Å². The van der Waals surface area contributed by atoms with Crippen LogP contribution in [0.4, 0.5) is 0 Å². The Bertz CT molecular complexity index is 332. The Kier molecular flexibility index (Phi) is 4.21. The third-order valence-corrected chi connectivity index (χ3v) is 4.94. The Morgan fingerprint density at radius 1 is 1.47 bits per heavy atom. The maximum absolute atomic E-state index is 4.42. The van der Waals surface area contributed by atoms with Gasteiger partial charge in [0.15, 0.2) is 0 Å². The summed E-state index contributed by atoms with van der Waals surface area (Å²) >= 11 is 1.74. The van der Waals surface area contributed by atoms with Crippen LogP contribution < -0.4 is 5.32 Å². The van der Waals surface area contributed by atoms with Crippen molar-refractivity contribution < 1.29 is 0 Å². The minimum Gasteiger partial charge on any atom is -0.306 e. The first-order valence-corrected chi connectivity index (χ1v) is 7.61. The normalized spacial score (nSPS) is 26.1. The van der Waals surface area contributed by atoms with Gasteiger partial charge in [-0.15, -0.1) is 11.3 Å². The number of hydrogen-bond acceptors (Lipinski definition) is 3. The number of nitrogens with zero attached hydrogens (tertiary/aromatic N) is 1. The van der Waals surface area contributed by atoms with Crippen LogP contribution in [0, 0.1) is 11.8 Å². The van der Waals surface area contributed by atoms with E-state index in [0.29, 0.717) is 0 Å². The number of aromatic nitrogens is 1. The molecule has 0 radical (unpaired) electrons. The number of hydrogen-bond donors (Lipinski definition) is 1. The highest BCUT2D eigenvalue weighted by atomic mass is 32.1. The van der Waals surface area contributed by atoms with Gasteiger partial charge in [-0.1, -0.05) is 19.8 Å². The van der Waals surface area contributed by atoms with Gasteiger partial charge in [-0.3, -0.25) is 0 Å². The maximum Gasteiger partial charge on any atom is 0.112 e. The van der Waals surface area contributed by atoms with Crippen LogP contribution in [-0.2, 0) is 5.54 Å². The molecule has 1 aliphatic carbocycles. The van der Waals surface area contributed by atoms with Crippen LogP contribution in [0.15, 0.2) is 11.6 Å². The molecule has 0 saturated heterocycles. The second kappa shape index (κ2) is 5.49. The summed E-state index contributed by atoms with van der Waals surface area (Å²) in [5.41, 5.74) is 0.0227. The van der Waals surface area contributed by atoms with Crippen molar-refractivity contribution in [2.24, 2.45) is 11.8 Å². The van der Waals surface area contributed by atoms with Crippen LogP contribution in [0.3, 0.4) is 0 Å². The Morgan fingerprint density at radius 2 is 2.29 bits per heavy atom. The Balaban J connectivity index is 1.85. The van der Waals surface area contributed by atoms with Gasteiger partial charge in [0.05, 0.1) is 5.54 Å². The minimum absolute atomic E-state index is 0.0227. The molecule has 1 N–H and O–H groups in total. The van der Waals surface area contributed by atoms with Crippen LogP contribution in [0.2, 0.25) is 0 Å². The maximum atomic E-state index is 4.42. The van der Waals surface area contributed by atoms with E-state index in [1.807, 2.05) is 6.20 Å². The molecule has 2 atom stereocenters. The molecule has 1 aliphatic rings. The lowest BCUT2D eigenvalue weighted by Crippen LogP contribution is -2.40. The monoisotopic (exact) mass is 252 g/mol. The minimum atomic E-state index is 0.0227. The molecule has 17 heavy (non-hydrogen) atoms. The van der Waals surface area contributed by atoms with Crippen molar-refractivity contribution in [2.45, 2.75) is 52.0 Å². The summed E-state index contributed by atoms with van der Waals surface area (Å²) in [4.78, 5) is 4.42. The summed E-state index contributed by atoms with van der Waals surface area (Å²) in [5, 5.41) is 6.95. The van der Waals surface area contributed by atoms with Gasteiger partial charge in [0.25, 0.3) is 0 Å². The van der Waals surface area contributed by atoms with E-state index >= 15 is 0 Å². The van der Waals surface area contributed by atoms with E-state index < -0.39 is 0 Å². The molecule has 96 valence electrons. The van der Waals surface area contributed by atoms with E-state index in [1.54, 1.807) is 11.3 Å². The van der Waals surface area contributed by atoms with Gasteiger partial charge in [0.1, 0.15) is 5.01 Å². The SMILES string of the molecule is CC1CCCC(CNC(C)(C)c2nccs2)C1. The highest BCUT2D eigenvalue weighted by molar-refractivity contribution is 7.09. The molecule has 0 aromatic carbocycles. The van der Waals surface area contributed by atoms with E-state index in [4.69, 9.17) is 0 Å². The van der Waals surface area contributed by atoms with Crippen molar-refractivity contribution in [3.63, 3.8) is 0 Å². The zero-order chi connectivity index (χ0) is 12.3. The topological polar surface area (TPSA) is 24.9 Å². The van der Waals surface area contributed by atoms with E-state index in [2.05, 4.69) is 36.5 Å². The third-order valence-electron chi connectivity index (χ3n) is 3.84. The molecular formula is C14H24N2S. The summed E-state index contributed by atoms with van der Waals surface area (Å²) in [5.74, 6) is 1.77. The molecule has 0 bridgehead atoms. The smallest absolute Gasteiger partial charge is 0.112 e. The van der Waals surface area contributed by atoms with Crippen LogP contribution in [-0.4, -0.2) is 11.5 Å². The predicted molar refractivity (Wildman–Crippen MR) is 74.3 cm³/mol. The van der Waals surface area contributed by atoms with Crippen molar-refractivity contribution in [1.82, 2.24) is 10.3 Å². The van der Waals surface area contributed by atoms with E-state index in [-0.39, 0.29) is 5.54 Å². The van der Waals surface area contributed by atoms with Gasteiger partial charge in [-0.2, -0.15) is 0 Å². The first kappa shape index (κ1) is 13.0. The largest absolute Gasteiger partial charge is 0.306 e. The lowest BCUT2D eigenvalue weighted by atomic mass is 9.82. The van der Waals surface area contributed by atoms with Crippen LogP contribution >= 0.6 is 11.3 Å². The molecule has 3 heteroatoms. The highest BCUT2D eigenvalue weighted by Crippen LogP contribution is 2.29. The first-order chi connectivity index (χ1) is 8.08. The average Bonchev–Trinajstić information content (AvgIpc) is 2.81. The predicted octanol–water partition coefficient (Wildman–Crippen LogP) is 3.79. The summed E-state index contributed by atoms with van der Waals surface area (Å²) in [6, 6.07) is 0. The average molecular weight is 252 g/mol. The fourth-order valence-corrected chi connectivity index (χ4v) is 3.49. The molecule has 0 aliphatic heterocycles. The zero-order valence-corrected chi connectivity index (χ0v) is 12.0. The molecule has 2 nitrogen and oxygen atoms in total. The van der Waals surface area contributed by atoms with Crippen LogP contribution in [0.1, 0.15) is 51.5 Å². The highest BCUT2D eigenvalue weighted by Gasteiger charge is 2.25. The first-order valence-electron chi connectivity index (χ1n) is 6.73. The Hall–Kier alpha value is -0.410. The third kappa shape index (κ3) is 3.52. The molecule has 1 heterocycles. The Morgan fingerprint density at radius 3 is 2.94 bits per heavy atom. The quantitative estimate of drug-likeness (QED) is 0.882. The second-order valence-corrected chi connectivity index (χ2v) is 6.88. The van der Waals surface area contributed by atoms with Crippen molar-refractivity contribution >= 4 is 11.3 Å². The molecule has 2 rings (SSSR count). The van der Waals surface area contributed by atoms with Gasteiger partial charge < -0.3 is 5.32 Å². The molecule has 1 fully saturated rings. The zero-order valence-electron chi connectivity index (χ0n) is 11.2. The van der Waals surface area contributed by atoms with Crippen molar-refractivity contribution in [3.05, 3.63) is 16.6 Å². The number of nitrogens with one attached hydrogen (secondary N) is 1. The van der Waals surface area contributed by atoms with Crippen molar-refractivity contribution in [3.8, 4) is 0 Å². The van der Waals surface area contributed by atoms with Gasteiger partial charge in [0, 0.05) is 11.6 Å². The lowest BCUT2D eigenvalue weighted by Gasteiger charge is -2.31. The molecule has 1 saturated carbocycles. The van der Waals surface area contributed by atoms with E-state index in [0.717, 1.165) is 18.4 Å². The molecular weight excluding hydrogens is 228 g/mol. The fraction of sp³-hybridized carbons (Fsp3) is 0.786. The fourth-order valence-electron chi connectivity index (χ4n) is 2.75. The molecule has 1 aromatic rings. The van der Waals surface area contributed by atoms with Crippen LogP contribution in [0.5, 0.6) is 0 Å². The molecule has 0 spiro atoms. The summed E-state index contributed by atoms with van der Waals surface area (Å²) in [6.45, 7) is 7.99. The van der Waals surface area contributed by atoms with Crippen molar-refractivity contribution in [2.75, 3.05) is 6.54 Å². The van der Waals surface area contributed by atoms with Crippen molar-refractivity contribution in [1.29, 1.82) is 0 Å². The van der Waals surface area contributed by atoms with E-state index in [1.165, 1.54) is 30.7 Å². The van der Waals surface area contributed by atoms with Gasteiger partial charge >= 0.3 is 0 Å². The molecule has 0 amide bonds. The second-order valence-electron chi connectivity index (χ2n) is 5.98. The summed E-state index contributed by atoms with van der Waals surface area (Å²) in [7, 11) is 0. The summed E-state index contributed by atoms with van der Waals surface area (Å²) < 4.78 is 0. The van der Waals surface area contributed by atoms with Gasteiger partial charge in [-0.25, -0.2) is 4.98 Å². The number of rotatable bonds is 4. The summed E-state index contributed by atoms with van der Waals surface area (Å²) in [6.07, 6.45) is 7.51. The molecule has 1 aromatic heterocycles.